The summed E-state index contributed by atoms with van der Waals surface area (Å²) in [7, 11) is 3.92. The van der Waals surface area contributed by atoms with E-state index in [4.69, 9.17) is 0 Å². The molecule has 1 aromatic heterocycles. The van der Waals surface area contributed by atoms with Gasteiger partial charge in [0.15, 0.2) is 0 Å². The molecule has 2 N–H and O–H groups in total. The topological polar surface area (TPSA) is 81.1 Å². The maximum Gasteiger partial charge on any atom is 0.257 e. The number of para-hydroxylation sites is 1. The summed E-state index contributed by atoms with van der Waals surface area (Å²) in [6.45, 7) is 0. The lowest BCUT2D eigenvalue weighted by Crippen LogP contribution is -2.13. The Kier molecular flexibility index (Phi) is 5.33. The number of hydrogen-bond acceptors (Lipinski definition) is 5. The van der Waals surface area contributed by atoms with Crippen molar-refractivity contribution in [3.63, 3.8) is 0 Å². The molecule has 27 heavy (non-hydrogen) atoms. The van der Waals surface area contributed by atoms with Crippen molar-refractivity contribution in [2.45, 2.75) is 0 Å². The van der Waals surface area contributed by atoms with E-state index in [1.54, 1.807) is 30.5 Å². The van der Waals surface area contributed by atoms with Crippen molar-refractivity contribution >= 4 is 28.7 Å². The smallest absolute Gasteiger partial charge is 0.257 e. The van der Waals surface area contributed by atoms with Crippen LogP contribution in [0.3, 0.4) is 0 Å². The highest BCUT2D eigenvalue weighted by atomic mass is 16.1. The number of amides is 1. The molecule has 0 saturated carbocycles. The maximum atomic E-state index is 12.5. The normalized spacial score (nSPS) is 9.96. The lowest BCUT2D eigenvalue weighted by Gasteiger charge is -2.13. The van der Waals surface area contributed by atoms with Gasteiger partial charge in [-0.2, -0.15) is 5.26 Å². The lowest BCUT2D eigenvalue weighted by molar-refractivity contribution is 0.102. The third-order valence-electron chi connectivity index (χ3n) is 3.97. The molecular formula is C21H19N5O. The van der Waals surface area contributed by atoms with Crippen LogP contribution in [0, 0.1) is 11.3 Å². The number of nitrogens with zero attached hydrogens (tertiary/aromatic N) is 3. The maximum absolute atomic E-state index is 12.5. The molecule has 0 aliphatic rings. The summed E-state index contributed by atoms with van der Waals surface area (Å²) in [4.78, 5) is 18.6. The number of benzene rings is 2. The van der Waals surface area contributed by atoms with Crippen molar-refractivity contribution in [2.75, 3.05) is 29.6 Å². The minimum atomic E-state index is -0.252. The zero-order valence-electron chi connectivity index (χ0n) is 15.1. The highest BCUT2D eigenvalue weighted by Gasteiger charge is 2.09. The second-order valence-corrected chi connectivity index (χ2v) is 6.14. The number of nitrogens with one attached hydrogen (secondary N) is 2. The minimum Gasteiger partial charge on any atom is -0.378 e. The quantitative estimate of drug-likeness (QED) is 0.721. The predicted molar refractivity (Wildman–Crippen MR) is 107 cm³/mol. The molecule has 0 aliphatic heterocycles. The Morgan fingerprint density at radius 3 is 2.48 bits per heavy atom. The van der Waals surface area contributed by atoms with Crippen LogP contribution in [0.5, 0.6) is 0 Å². The van der Waals surface area contributed by atoms with Gasteiger partial charge in [0.25, 0.3) is 5.91 Å². The Morgan fingerprint density at radius 1 is 1.04 bits per heavy atom. The molecule has 6 heteroatoms. The number of hydrogen-bond donors (Lipinski definition) is 2. The largest absolute Gasteiger partial charge is 0.378 e. The molecule has 3 rings (SSSR count). The number of anilines is 4. The first-order valence-corrected chi connectivity index (χ1v) is 8.37. The second kappa shape index (κ2) is 8.02. The van der Waals surface area contributed by atoms with E-state index in [2.05, 4.69) is 21.7 Å². The molecule has 2 aromatic carbocycles. The van der Waals surface area contributed by atoms with E-state index >= 15 is 0 Å². The van der Waals surface area contributed by atoms with Gasteiger partial charge in [0, 0.05) is 31.7 Å². The second-order valence-electron chi connectivity index (χ2n) is 6.14. The summed E-state index contributed by atoms with van der Waals surface area (Å²) in [5, 5.41) is 15.2. The number of rotatable bonds is 5. The number of pyridine rings is 1. The molecule has 3 aromatic rings. The Bertz CT molecular complexity index is 990. The third kappa shape index (κ3) is 4.41. The van der Waals surface area contributed by atoms with Crippen LogP contribution in [0.2, 0.25) is 0 Å². The molecule has 0 saturated heterocycles. The summed E-state index contributed by atoms with van der Waals surface area (Å²) in [6, 6.07) is 18.6. The molecule has 0 radical (unpaired) electrons. The molecule has 0 atom stereocenters. The molecule has 6 nitrogen and oxygen atoms in total. The van der Waals surface area contributed by atoms with Gasteiger partial charge >= 0.3 is 0 Å². The van der Waals surface area contributed by atoms with Crippen molar-refractivity contribution in [3.8, 4) is 6.07 Å². The van der Waals surface area contributed by atoms with Gasteiger partial charge in [-0.3, -0.25) is 9.78 Å². The van der Waals surface area contributed by atoms with E-state index in [1.165, 1.54) is 6.20 Å². The van der Waals surface area contributed by atoms with E-state index in [1.807, 2.05) is 49.3 Å². The molecule has 0 bridgehead atoms. The number of nitriles is 1. The molecule has 1 amide bonds. The van der Waals surface area contributed by atoms with Gasteiger partial charge in [-0.1, -0.05) is 12.1 Å². The van der Waals surface area contributed by atoms with Crippen molar-refractivity contribution in [1.29, 1.82) is 5.26 Å². The molecule has 134 valence electrons. The van der Waals surface area contributed by atoms with Crippen molar-refractivity contribution in [1.82, 2.24) is 4.98 Å². The molecule has 1 heterocycles. The van der Waals surface area contributed by atoms with Gasteiger partial charge in [0.05, 0.1) is 28.7 Å². The molecular weight excluding hydrogens is 338 g/mol. The van der Waals surface area contributed by atoms with Crippen molar-refractivity contribution < 1.29 is 4.79 Å². The van der Waals surface area contributed by atoms with Gasteiger partial charge in [-0.25, -0.2) is 0 Å². The lowest BCUT2D eigenvalue weighted by atomic mass is 10.2. The van der Waals surface area contributed by atoms with E-state index in [0.717, 1.165) is 5.69 Å². The van der Waals surface area contributed by atoms with E-state index in [0.29, 0.717) is 28.2 Å². The summed E-state index contributed by atoms with van der Waals surface area (Å²) < 4.78 is 0. The zero-order valence-corrected chi connectivity index (χ0v) is 15.1. The Morgan fingerprint density at radius 2 is 1.78 bits per heavy atom. The van der Waals surface area contributed by atoms with Crippen LogP contribution in [0.4, 0.5) is 22.7 Å². The Hall–Kier alpha value is -3.85. The standard InChI is InChI=1S/C21H19N5O/c1-26(2)19-9-7-17(8-10-19)25-21(27)16-11-18(14-23-13-16)24-20-6-4-3-5-15(20)12-22/h3-11,13-14,24H,1-2H3,(H,25,27). The van der Waals surface area contributed by atoms with Crippen LogP contribution in [0.25, 0.3) is 0 Å². The summed E-state index contributed by atoms with van der Waals surface area (Å²) in [6.07, 6.45) is 3.11. The fourth-order valence-electron chi connectivity index (χ4n) is 2.52. The van der Waals surface area contributed by atoms with Crippen LogP contribution in [-0.2, 0) is 0 Å². The average Bonchev–Trinajstić information content (AvgIpc) is 2.69. The monoisotopic (exact) mass is 357 g/mol. The SMILES string of the molecule is CN(C)c1ccc(NC(=O)c2cncc(Nc3ccccc3C#N)c2)cc1. The first kappa shape index (κ1) is 18.0. The van der Waals surface area contributed by atoms with E-state index in [-0.39, 0.29) is 5.91 Å². The Balaban J connectivity index is 1.74. The van der Waals surface area contributed by atoms with Gasteiger partial charge in [-0.15, -0.1) is 0 Å². The van der Waals surface area contributed by atoms with Crippen molar-refractivity contribution in [3.05, 3.63) is 78.1 Å². The molecule has 0 aliphatic carbocycles. The fraction of sp³-hybridized carbons (Fsp3) is 0.0952. The number of carbonyl (C=O) groups is 1. The highest BCUT2D eigenvalue weighted by Crippen LogP contribution is 2.21. The summed E-state index contributed by atoms with van der Waals surface area (Å²) >= 11 is 0. The first-order chi connectivity index (χ1) is 13.1. The van der Waals surface area contributed by atoms with Gasteiger partial charge in [0.2, 0.25) is 0 Å². The third-order valence-corrected chi connectivity index (χ3v) is 3.97. The van der Waals surface area contributed by atoms with Crippen LogP contribution < -0.4 is 15.5 Å². The van der Waals surface area contributed by atoms with E-state index in [9.17, 15) is 10.1 Å². The van der Waals surface area contributed by atoms with Crippen LogP contribution in [-0.4, -0.2) is 25.0 Å². The minimum absolute atomic E-state index is 0.252. The first-order valence-electron chi connectivity index (χ1n) is 8.37. The zero-order chi connectivity index (χ0) is 19.2. The molecule has 0 unspecified atom stereocenters. The van der Waals surface area contributed by atoms with Crippen LogP contribution in [0.15, 0.2) is 67.0 Å². The van der Waals surface area contributed by atoms with E-state index < -0.39 is 0 Å². The predicted octanol–water partition coefficient (Wildman–Crippen LogP) is 4.02. The van der Waals surface area contributed by atoms with Crippen LogP contribution >= 0.6 is 0 Å². The molecule has 0 fully saturated rings. The number of carbonyl (C=O) groups excluding carboxylic acids is 1. The van der Waals surface area contributed by atoms with Gasteiger partial charge in [-0.05, 0) is 42.5 Å². The summed E-state index contributed by atoms with van der Waals surface area (Å²) in [5.41, 5.74) is 4.00. The highest BCUT2D eigenvalue weighted by molar-refractivity contribution is 6.04. The molecule has 0 spiro atoms. The fourth-order valence-corrected chi connectivity index (χ4v) is 2.52. The average molecular weight is 357 g/mol. The number of aromatic nitrogens is 1. The Labute approximate surface area is 158 Å². The summed E-state index contributed by atoms with van der Waals surface area (Å²) in [5.74, 6) is -0.252. The van der Waals surface area contributed by atoms with Gasteiger partial charge in [0.1, 0.15) is 6.07 Å². The van der Waals surface area contributed by atoms with Crippen molar-refractivity contribution in [2.24, 2.45) is 0 Å². The van der Waals surface area contributed by atoms with Crippen LogP contribution in [0.1, 0.15) is 15.9 Å². The van der Waals surface area contributed by atoms with Gasteiger partial charge < -0.3 is 15.5 Å².